The highest BCUT2D eigenvalue weighted by molar-refractivity contribution is 7.99. The summed E-state index contributed by atoms with van der Waals surface area (Å²) in [7, 11) is 0. The van der Waals surface area contributed by atoms with Crippen LogP contribution in [-0.2, 0) is 4.79 Å². The summed E-state index contributed by atoms with van der Waals surface area (Å²) in [6, 6.07) is 7.40. The summed E-state index contributed by atoms with van der Waals surface area (Å²) in [6.07, 6.45) is 0. The van der Waals surface area contributed by atoms with Gasteiger partial charge in [-0.3, -0.25) is 4.79 Å². The fourth-order valence-corrected chi connectivity index (χ4v) is 2.37. The predicted octanol–water partition coefficient (Wildman–Crippen LogP) is 2.76. The van der Waals surface area contributed by atoms with E-state index in [9.17, 15) is 13.6 Å². The normalized spacial score (nSPS) is 11.8. The maximum Gasteiger partial charge on any atom is 0.387 e. The fraction of sp³-hybridized carbons (Fsp3) is 0.200. The van der Waals surface area contributed by atoms with E-state index in [0.717, 1.165) is 11.8 Å². The van der Waals surface area contributed by atoms with Gasteiger partial charge in [0.15, 0.2) is 5.78 Å². The molecule has 0 fully saturated rings. The summed E-state index contributed by atoms with van der Waals surface area (Å²) in [6.45, 7) is -1.44. The lowest BCUT2D eigenvalue weighted by molar-refractivity contribution is -0.112. The lowest BCUT2D eigenvalue weighted by Crippen LogP contribution is -2.10. The fourth-order valence-electron chi connectivity index (χ4n) is 1.73. The molecule has 130 valence electrons. The van der Waals surface area contributed by atoms with Gasteiger partial charge >= 0.3 is 6.61 Å². The van der Waals surface area contributed by atoms with Gasteiger partial charge in [-0.15, -0.1) is 10.2 Å². The van der Waals surface area contributed by atoms with Crippen molar-refractivity contribution in [3.8, 4) is 23.3 Å². The second-order valence-corrected chi connectivity index (χ2v) is 5.58. The number of nitrogens with two attached hydrogens (primary N) is 1. The third kappa shape index (κ3) is 5.02. The van der Waals surface area contributed by atoms with Crippen molar-refractivity contribution in [2.24, 2.45) is 5.73 Å². The molecule has 2 N–H and O–H groups in total. The summed E-state index contributed by atoms with van der Waals surface area (Å²) >= 11 is 0.962. The minimum atomic E-state index is -2.90. The van der Waals surface area contributed by atoms with Gasteiger partial charge in [-0.05, 0) is 31.2 Å². The summed E-state index contributed by atoms with van der Waals surface area (Å²) < 4.78 is 33.8. The number of rotatable bonds is 7. The molecule has 25 heavy (non-hydrogen) atoms. The molecule has 0 aliphatic carbocycles. The number of Topliss-reactive ketones (excluding diaryl/α,β-unsaturated/α-hetero) is 1. The quantitative estimate of drug-likeness (QED) is 0.452. The zero-order chi connectivity index (χ0) is 18.4. The van der Waals surface area contributed by atoms with Crippen molar-refractivity contribution < 1.29 is 22.7 Å². The first-order valence-electron chi connectivity index (χ1n) is 6.82. The highest BCUT2D eigenvalue weighted by Gasteiger charge is 2.15. The molecular formula is C15H12F2N4O3S. The molecule has 0 bridgehead atoms. The van der Waals surface area contributed by atoms with Gasteiger partial charge in [0.2, 0.25) is 5.89 Å². The number of halogens is 2. The molecule has 0 radical (unpaired) electrons. The summed E-state index contributed by atoms with van der Waals surface area (Å²) in [5, 5.41) is 16.6. The molecule has 1 aromatic heterocycles. The minimum absolute atomic E-state index is 0.00596. The molecule has 1 heterocycles. The lowest BCUT2D eigenvalue weighted by Gasteiger charge is -2.03. The van der Waals surface area contributed by atoms with Gasteiger partial charge in [-0.25, -0.2) is 0 Å². The third-order valence-corrected chi connectivity index (χ3v) is 3.66. The zero-order valence-corrected chi connectivity index (χ0v) is 13.7. The van der Waals surface area contributed by atoms with Crippen LogP contribution in [0.15, 0.2) is 45.2 Å². The van der Waals surface area contributed by atoms with Gasteiger partial charge in [-0.1, -0.05) is 11.8 Å². The van der Waals surface area contributed by atoms with E-state index in [4.69, 9.17) is 15.4 Å². The molecule has 10 heteroatoms. The number of thioether (sulfide) groups is 1. The van der Waals surface area contributed by atoms with Crippen LogP contribution in [0, 0.1) is 11.3 Å². The van der Waals surface area contributed by atoms with Gasteiger partial charge in [0.1, 0.15) is 17.4 Å². The van der Waals surface area contributed by atoms with Crippen LogP contribution in [-0.4, -0.2) is 28.3 Å². The van der Waals surface area contributed by atoms with E-state index in [1.54, 1.807) is 6.07 Å². The van der Waals surface area contributed by atoms with Gasteiger partial charge < -0.3 is 14.9 Å². The van der Waals surface area contributed by atoms with Crippen molar-refractivity contribution in [2.75, 3.05) is 5.75 Å². The molecule has 2 rings (SSSR count). The Kier molecular flexibility index (Phi) is 6.08. The zero-order valence-electron chi connectivity index (χ0n) is 12.9. The molecule has 0 amide bonds. The minimum Gasteiger partial charge on any atom is -0.435 e. The van der Waals surface area contributed by atoms with Crippen molar-refractivity contribution in [1.29, 1.82) is 5.26 Å². The molecule has 0 spiro atoms. The number of hydrogen-bond acceptors (Lipinski definition) is 8. The molecule has 0 aliphatic rings. The van der Waals surface area contributed by atoms with Crippen LogP contribution in [0.3, 0.4) is 0 Å². The van der Waals surface area contributed by atoms with Crippen molar-refractivity contribution in [1.82, 2.24) is 10.2 Å². The number of allylic oxidation sites excluding steroid dienone is 2. The highest BCUT2D eigenvalue weighted by atomic mass is 32.2. The van der Waals surface area contributed by atoms with E-state index in [1.807, 2.05) is 0 Å². The Morgan fingerprint density at radius 2 is 2.08 bits per heavy atom. The average Bonchev–Trinajstić information content (AvgIpc) is 3.02. The summed E-state index contributed by atoms with van der Waals surface area (Å²) in [4.78, 5) is 11.8. The third-order valence-electron chi connectivity index (χ3n) is 2.84. The van der Waals surface area contributed by atoms with E-state index in [1.165, 1.54) is 31.2 Å². The second kappa shape index (κ2) is 8.25. The molecule has 0 saturated heterocycles. The van der Waals surface area contributed by atoms with E-state index in [0.29, 0.717) is 5.56 Å². The number of hydrogen-bond donors (Lipinski definition) is 1. The number of carbonyl (C=O) groups is 1. The van der Waals surface area contributed by atoms with Gasteiger partial charge in [-0.2, -0.15) is 14.0 Å². The number of nitriles is 1. The standard InChI is InChI=1S/C15H12F2N4O3S/c1-8(19)11(6-18)12(22)7-25-15-21-20-13(24-15)9-2-4-10(5-3-9)23-14(16)17/h2-5,14H,7,19H2,1H3/b11-8+. The van der Waals surface area contributed by atoms with Crippen molar-refractivity contribution in [3.05, 3.63) is 35.5 Å². The van der Waals surface area contributed by atoms with Crippen LogP contribution in [0.4, 0.5) is 8.78 Å². The van der Waals surface area contributed by atoms with Crippen LogP contribution in [0.25, 0.3) is 11.5 Å². The Balaban J connectivity index is 2.02. The Hall–Kier alpha value is -2.93. The second-order valence-electron chi connectivity index (χ2n) is 4.66. The Labute approximate surface area is 145 Å². The number of alkyl halides is 2. The molecule has 2 aromatic rings. The Morgan fingerprint density at radius 1 is 1.40 bits per heavy atom. The van der Waals surface area contributed by atoms with Crippen molar-refractivity contribution in [3.63, 3.8) is 0 Å². The predicted molar refractivity (Wildman–Crippen MR) is 84.6 cm³/mol. The maximum absolute atomic E-state index is 12.1. The molecular weight excluding hydrogens is 354 g/mol. The van der Waals surface area contributed by atoms with Crippen molar-refractivity contribution in [2.45, 2.75) is 18.8 Å². The Morgan fingerprint density at radius 3 is 2.64 bits per heavy atom. The van der Waals surface area contributed by atoms with Gasteiger partial charge in [0.25, 0.3) is 5.22 Å². The summed E-state index contributed by atoms with van der Waals surface area (Å²) in [5.74, 6) is -0.364. The first kappa shape index (κ1) is 18.4. The van der Waals surface area contributed by atoms with Crippen LogP contribution in [0.2, 0.25) is 0 Å². The molecule has 7 nitrogen and oxygen atoms in total. The number of carbonyl (C=O) groups excluding carboxylic acids is 1. The van der Waals surface area contributed by atoms with Crippen molar-refractivity contribution >= 4 is 17.5 Å². The average molecular weight is 366 g/mol. The van der Waals surface area contributed by atoms with Crippen LogP contribution >= 0.6 is 11.8 Å². The highest BCUT2D eigenvalue weighted by Crippen LogP contribution is 2.25. The Bertz CT molecular complexity index is 824. The molecule has 0 atom stereocenters. The molecule has 1 aromatic carbocycles. The lowest BCUT2D eigenvalue weighted by atomic mass is 10.2. The first-order valence-corrected chi connectivity index (χ1v) is 7.80. The number of benzene rings is 1. The molecule has 0 unspecified atom stereocenters. The number of ether oxygens (including phenoxy) is 1. The number of aromatic nitrogens is 2. The van der Waals surface area contributed by atoms with Crippen LogP contribution in [0.5, 0.6) is 5.75 Å². The van der Waals surface area contributed by atoms with E-state index in [2.05, 4.69) is 14.9 Å². The topological polar surface area (TPSA) is 115 Å². The van der Waals surface area contributed by atoms with E-state index in [-0.39, 0.29) is 33.9 Å². The van der Waals surface area contributed by atoms with E-state index >= 15 is 0 Å². The van der Waals surface area contributed by atoms with Gasteiger partial charge in [0, 0.05) is 11.3 Å². The number of ketones is 1. The SMILES string of the molecule is C/C(N)=C(/C#N)C(=O)CSc1nnc(-c2ccc(OC(F)F)cc2)o1. The number of nitrogens with zero attached hydrogens (tertiary/aromatic N) is 3. The summed E-state index contributed by atoms with van der Waals surface area (Å²) in [5.41, 5.74) is 5.99. The molecule has 0 aliphatic heterocycles. The molecule has 0 saturated carbocycles. The van der Waals surface area contributed by atoms with Crippen LogP contribution in [0.1, 0.15) is 6.92 Å². The monoisotopic (exact) mass is 366 g/mol. The smallest absolute Gasteiger partial charge is 0.387 e. The first-order chi connectivity index (χ1) is 11.9. The van der Waals surface area contributed by atoms with Gasteiger partial charge in [0.05, 0.1) is 5.75 Å². The van der Waals surface area contributed by atoms with E-state index < -0.39 is 12.4 Å². The van der Waals surface area contributed by atoms with Crippen LogP contribution < -0.4 is 10.5 Å². The largest absolute Gasteiger partial charge is 0.435 e. The maximum atomic E-state index is 12.1.